The molecule has 3 heterocycles. The third-order valence-corrected chi connectivity index (χ3v) is 5.97. The lowest BCUT2D eigenvalue weighted by molar-refractivity contribution is -0.162. The van der Waals surface area contributed by atoms with Crippen LogP contribution < -0.4 is 4.74 Å². The van der Waals surface area contributed by atoms with E-state index in [0.29, 0.717) is 18.3 Å². The first kappa shape index (κ1) is 21.8. The van der Waals surface area contributed by atoms with Gasteiger partial charge in [-0.3, -0.25) is 0 Å². The Kier molecular flexibility index (Phi) is 5.84. The summed E-state index contributed by atoms with van der Waals surface area (Å²) in [5, 5.41) is 0.732. The highest BCUT2D eigenvalue weighted by Crippen LogP contribution is 2.43. The first-order valence-corrected chi connectivity index (χ1v) is 11.0. The maximum Gasteiger partial charge on any atom is 0.224 e. The van der Waals surface area contributed by atoms with E-state index in [-0.39, 0.29) is 11.2 Å². The van der Waals surface area contributed by atoms with Crippen LogP contribution in [-0.4, -0.2) is 32.8 Å². The minimum Gasteiger partial charge on any atom is -0.480 e. The van der Waals surface area contributed by atoms with E-state index in [2.05, 4.69) is 43.4 Å². The van der Waals surface area contributed by atoms with Crippen molar-refractivity contribution in [2.45, 2.75) is 64.2 Å². The van der Waals surface area contributed by atoms with E-state index in [1.807, 2.05) is 36.4 Å². The van der Waals surface area contributed by atoms with Crippen LogP contribution in [0, 0.1) is 0 Å². The van der Waals surface area contributed by atoms with Gasteiger partial charge in [0.1, 0.15) is 5.82 Å². The smallest absolute Gasteiger partial charge is 0.224 e. The normalized spacial score (nSPS) is 18.1. The van der Waals surface area contributed by atoms with Crippen molar-refractivity contribution < 1.29 is 9.47 Å². The van der Waals surface area contributed by atoms with Crippen molar-refractivity contribution in [2.75, 3.05) is 7.11 Å². The molecular weight excluding hydrogens is 410 g/mol. The Morgan fingerprint density at radius 3 is 2.42 bits per heavy atom. The van der Waals surface area contributed by atoms with E-state index in [4.69, 9.17) is 26.1 Å². The summed E-state index contributed by atoms with van der Waals surface area (Å²) >= 11 is 6.08. The number of aromatic nitrogens is 3. The van der Waals surface area contributed by atoms with Gasteiger partial charge in [-0.05, 0) is 70.4 Å². The van der Waals surface area contributed by atoms with Crippen molar-refractivity contribution in [1.82, 2.24) is 14.5 Å². The lowest BCUT2D eigenvalue weighted by Crippen LogP contribution is -2.44. The van der Waals surface area contributed by atoms with E-state index in [1.54, 1.807) is 13.3 Å². The highest BCUT2D eigenvalue weighted by Gasteiger charge is 2.40. The Bertz CT molecular complexity index is 1040. The molecule has 164 valence electrons. The number of imidazole rings is 1. The van der Waals surface area contributed by atoms with E-state index in [1.165, 1.54) is 0 Å². The van der Waals surface area contributed by atoms with Crippen molar-refractivity contribution in [2.24, 2.45) is 0 Å². The molecule has 5 nitrogen and oxygen atoms in total. The maximum absolute atomic E-state index is 6.30. The molecule has 6 heteroatoms. The van der Waals surface area contributed by atoms with Gasteiger partial charge >= 0.3 is 0 Å². The fourth-order valence-corrected chi connectivity index (χ4v) is 4.90. The Morgan fingerprint density at radius 2 is 1.77 bits per heavy atom. The van der Waals surface area contributed by atoms with Crippen LogP contribution in [0.4, 0.5) is 0 Å². The van der Waals surface area contributed by atoms with Gasteiger partial charge in [-0.15, -0.1) is 0 Å². The fraction of sp³-hybridized carbons (Fsp3) is 0.440. The molecule has 1 aliphatic heterocycles. The van der Waals surface area contributed by atoms with Crippen LogP contribution in [0.2, 0.25) is 5.02 Å². The van der Waals surface area contributed by atoms with E-state index in [0.717, 1.165) is 40.5 Å². The number of hydrogen-bond donors (Lipinski definition) is 0. The number of ether oxygens (including phenoxy) is 2. The SMILES string of the molecule is COc1ncccc1-c1nc(C2CC(C)(C)OC(C)(C)C2)cn1Cc1ccc(Cl)cc1. The summed E-state index contributed by atoms with van der Waals surface area (Å²) in [7, 11) is 1.64. The molecule has 1 saturated heterocycles. The average Bonchev–Trinajstić information content (AvgIpc) is 3.11. The molecule has 0 bridgehead atoms. The molecule has 4 rings (SSSR count). The molecule has 0 spiro atoms. The predicted octanol–water partition coefficient (Wildman–Crippen LogP) is 6.11. The van der Waals surface area contributed by atoms with E-state index in [9.17, 15) is 0 Å². The number of hydrogen-bond acceptors (Lipinski definition) is 4. The minimum absolute atomic E-state index is 0.196. The largest absolute Gasteiger partial charge is 0.480 e. The van der Waals surface area contributed by atoms with Gasteiger partial charge in [0, 0.05) is 29.9 Å². The molecule has 2 aromatic heterocycles. The van der Waals surface area contributed by atoms with Crippen LogP contribution in [-0.2, 0) is 11.3 Å². The van der Waals surface area contributed by atoms with Crippen LogP contribution in [0.15, 0.2) is 48.8 Å². The van der Waals surface area contributed by atoms with Gasteiger partial charge in [0.25, 0.3) is 0 Å². The molecule has 0 aliphatic carbocycles. The highest BCUT2D eigenvalue weighted by molar-refractivity contribution is 6.30. The van der Waals surface area contributed by atoms with Gasteiger partial charge in [0.15, 0.2) is 0 Å². The van der Waals surface area contributed by atoms with Crippen LogP contribution in [0.5, 0.6) is 5.88 Å². The molecule has 0 amide bonds. The standard InChI is InChI=1S/C25H30ClN3O2/c1-24(2)13-18(14-25(3,4)31-24)21-16-29(15-17-8-10-19(26)11-9-17)22(28-21)20-7-6-12-27-23(20)30-5/h6-12,16,18H,13-15H2,1-5H3. The van der Waals surface area contributed by atoms with E-state index < -0.39 is 0 Å². The molecule has 0 radical (unpaired) electrons. The van der Waals surface area contributed by atoms with Gasteiger partial charge in [0.05, 0.1) is 29.6 Å². The van der Waals surface area contributed by atoms with Crippen molar-refractivity contribution in [1.29, 1.82) is 0 Å². The lowest BCUT2D eigenvalue weighted by atomic mass is 9.79. The number of methoxy groups -OCH3 is 1. The third-order valence-electron chi connectivity index (χ3n) is 5.71. The van der Waals surface area contributed by atoms with E-state index >= 15 is 0 Å². The molecule has 0 unspecified atom stereocenters. The van der Waals surface area contributed by atoms with Crippen molar-refractivity contribution in [3.63, 3.8) is 0 Å². The van der Waals surface area contributed by atoms with Gasteiger partial charge in [-0.2, -0.15) is 0 Å². The zero-order chi connectivity index (χ0) is 22.2. The molecule has 3 aromatic rings. The monoisotopic (exact) mass is 439 g/mol. The molecule has 0 atom stereocenters. The van der Waals surface area contributed by atoms with Crippen LogP contribution in [0.25, 0.3) is 11.4 Å². The third kappa shape index (κ3) is 4.94. The first-order chi connectivity index (χ1) is 14.7. The number of pyridine rings is 1. The molecular formula is C25H30ClN3O2. The number of nitrogens with zero attached hydrogens (tertiary/aromatic N) is 3. The van der Waals surface area contributed by atoms with Crippen LogP contribution in [0.3, 0.4) is 0 Å². The average molecular weight is 440 g/mol. The number of rotatable bonds is 5. The lowest BCUT2D eigenvalue weighted by Gasteiger charge is -2.45. The Labute approximate surface area is 189 Å². The van der Waals surface area contributed by atoms with Crippen LogP contribution in [0.1, 0.15) is 57.7 Å². The van der Waals surface area contributed by atoms with Gasteiger partial charge in [-0.25, -0.2) is 9.97 Å². The molecule has 1 aromatic carbocycles. The van der Waals surface area contributed by atoms with Gasteiger partial charge < -0.3 is 14.0 Å². The Morgan fingerprint density at radius 1 is 1.10 bits per heavy atom. The number of halogens is 1. The summed E-state index contributed by atoms with van der Waals surface area (Å²) in [4.78, 5) is 9.51. The summed E-state index contributed by atoms with van der Waals surface area (Å²) in [5.74, 6) is 1.74. The van der Waals surface area contributed by atoms with Crippen molar-refractivity contribution >= 4 is 11.6 Å². The predicted molar refractivity (Wildman–Crippen MR) is 124 cm³/mol. The summed E-state index contributed by atoms with van der Waals surface area (Å²) in [6.45, 7) is 9.34. The quantitative estimate of drug-likeness (QED) is 0.481. The second kappa shape index (κ2) is 8.29. The summed E-state index contributed by atoms with van der Waals surface area (Å²) in [6, 6.07) is 11.9. The molecule has 1 aliphatic rings. The van der Waals surface area contributed by atoms with Crippen LogP contribution >= 0.6 is 11.6 Å². The topological polar surface area (TPSA) is 49.2 Å². The molecule has 0 saturated carbocycles. The summed E-state index contributed by atoms with van der Waals surface area (Å²) in [6.07, 6.45) is 5.77. The van der Waals surface area contributed by atoms with Crippen molar-refractivity contribution in [3.8, 4) is 17.3 Å². The van der Waals surface area contributed by atoms with Gasteiger partial charge in [-0.1, -0.05) is 23.7 Å². The maximum atomic E-state index is 6.30. The summed E-state index contributed by atoms with van der Waals surface area (Å²) < 4.78 is 14.0. The van der Waals surface area contributed by atoms with Gasteiger partial charge in [0.2, 0.25) is 5.88 Å². The highest BCUT2D eigenvalue weighted by atomic mass is 35.5. The molecule has 0 N–H and O–H groups in total. The first-order valence-electron chi connectivity index (χ1n) is 10.7. The second-order valence-electron chi connectivity index (χ2n) is 9.53. The zero-order valence-corrected chi connectivity index (χ0v) is 19.6. The Balaban J connectivity index is 1.77. The minimum atomic E-state index is -0.196. The summed E-state index contributed by atoms with van der Waals surface area (Å²) in [5.41, 5.74) is 2.73. The number of benzene rings is 1. The fourth-order valence-electron chi connectivity index (χ4n) is 4.78. The zero-order valence-electron chi connectivity index (χ0n) is 18.9. The molecule has 1 fully saturated rings. The van der Waals surface area contributed by atoms with Crippen molar-refractivity contribution in [3.05, 3.63) is 65.1 Å². The molecule has 31 heavy (non-hydrogen) atoms. The Hall–Kier alpha value is -2.37. The second-order valence-corrected chi connectivity index (χ2v) is 9.97.